The largest absolute Gasteiger partial charge is 0.454 e. The lowest BCUT2D eigenvalue weighted by atomic mass is 9.91. The SMILES string of the molecule is CC1(C)C(=O)Nc2ccccc2N1C(=O)CN1C(=O)N[C@@](C)(c2ccc3c(c2)OCO3)C1=O. The Hall–Kier alpha value is -4.08. The number of urea groups is 1. The van der Waals surface area contributed by atoms with Crippen LogP contribution < -0.4 is 25.0 Å². The third-order valence-electron chi connectivity index (χ3n) is 6.28. The first kappa shape index (κ1) is 20.8. The van der Waals surface area contributed by atoms with Crippen LogP contribution in [0.15, 0.2) is 42.5 Å². The fourth-order valence-electron chi connectivity index (χ4n) is 4.35. The lowest BCUT2D eigenvalue weighted by Gasteiger charge is -2.42. The Bertz CT molecular complexity index is 1230. The molecule has 10 heteroatoms. The number of hydrogen-bond acceptors (Lipinski definition) is 6. The highest BCUT2D eigenvalue weighted by atomic mass is 16.7. The third-order valence-corrected chi connectivity index (χ3v) is 6.28. The molecule has 2 N–H and O–H groups in total. The Balaban J connectivity index is 1.44. The molecule has 0 aromatic heterocycles. The fourth-order valence-corrected chi connectivity index (χ4v) is 4.35. The molecule has 3 heterocycles. The molecule has 1 saturated heterocycles. The van der Waals surface area contributed by atoms with Crippen LogP contribution in [-0.4, -0.2) is 47.5 Å². The van der Waals surface area contributed by atoms with Crippen molar-refractivity contribution >= 4 is 35.1 Å². The number of hydrogen-bond donors (Lipinski definition) is 2. The standard InChI is InChI=1S/C23H22N4O6/c1-22(2)19(29)24-14-6-4-5-7-15(14)27(22)18(28)11-26-20(30)23(3,25-21(26)31)13-8-9-16-17(10-13)33-12-32-16/h4-10H,11-12H2,1-3H3,(H,24,29)(H,25,31)/t23-/m0/s1. The van der Waals surface area contributed by atoms with Crippen molar-refractivity contribution in [2.24, 2.45) is 0 Å². The van der Waals surface area contributed by atoms with E-state index in [-0.39, 0.29) is 12.7 Å². The Kier molecular flexibility index (Phi) is 4.39. The van der Waals surface area contributed by atoms with Crippen LogP contribution in [-0.2, 0) is 19.9 Å². The van der Waals surface area contributed by atoms with E-state index in [9.17, 15) is 19.2 Å². The summed E-state index contributed by atoms with van der Waals surface area (Å²) in [7, 11) is 0. The van der Waals surface area contributed by atoms with Gasteiger partial charge in [-0.15, -0.1) is 0 Å². The van der Waals surface area contributed by atoms with Gasteiger partial charge >= 0.3 is 6.03 Å². The van der Waals surface area contributed by atoms with Gasteiger partial charge in [0.25, 0.3) is 5.91 Å². The van der Waals surface area contributed by atoms with Crippen molar-refractivity contribution in [3.8, 4) is 11.5 Å². The van der Waals surface area contributed by atoms with Crippen molar-refractivity contribution in [2.75, 3.05) is 23.6 Å². The van der Waals surface area contributed by atoms with Gasteiger partial charge in [-0.25, -0.2) is 4.79 Å². The monoisotopic (exact) mass is 450 g/mol. The second kappa shape index (κ2) is 6.96. The van der Waals surface area contributed by atoms with Gasteiger partial charge in [0.1, 0.15) is 17.6 Å². The van der Waals surface area contributed by atoms with Crippen molar-refractivity contribution in [3.63, 3.8) is 0 Å². The third kappa shape index (κ3) is 3.01. The number of fused-ring (bicyclic) bond motifs is 2. The average Bonchev–Trinajstić information content (AvgIpc) is 3.32. The molecule has 0 bridgehead atoms. The van der Waals surface area contributed by atoms with E-state index >= 15 is 0 Å². The molecule has 0 aliphatic carbocycles. The summed E-state index contributed by atoms with van der Waals surface area (Å²) in [6, 6.07) is 11.2. The van der Waals surface area contributed by atoms with Crippen LogP contribution in [0.3, 0.4) is 0 Å². The van der Waals surface area contributed by atoms with Crippen LogP contribution in [0.25, 0.3) is 0 Å². The number of rotatable bonds is 3. The van der Waals surface area contributed by atoms with Gasteiger partial charge in [0.15, 0.2) is 11.5 Å². The lowest BCUT2D eigenvalue weighted by molar-refractivity contribution is -0.134. The van der Waals surface area contributed by atoms with Crippen LogP contribution in [0.2, 0.25) is 0 Å². The minimum atomic E-state index is -1.38. The summed E-state index contributed by atoms with van der Waals surface area (Å²) in [5.74, 6) is -0.469. The van der Waals surface area contributed by atoms with E-state index in [2.05, 4.69) is 10.6 Å². The van der Waals surface area contributed by atoms with E-state index in [1.165, 1.54) is 4.90 Å². The molecule has 2 aromatic rings. The maximum absolute atomic E-state index is 13.4. The quantitative estimate of drug-likeness (QED) is 0.691. The Morgan fingerprint density at radius 1 is 1.03 bits per heavy atom. The van der Waals surface area contributed by atoms with Gasteiger partial charge in [0, 0.05) is 0 Å². The number of nitrogens with one attached hydrogen (secondary N) is 2. The normalized spacial score (nSPS) is 22.7. The highest BCUT2D eigenvalue weighted by Crippen LogP contribution is 2.39. The van der Waals surface area contributed by atoms with E-state index in [1.54, 1.807) is 63.2 Å². The molecule has 0 spiro atoms. The summed E-state index contributed by atoms with van der Waals surface area (Å²) < 4.78 is 10.7. The molecule has 0 radical (unpaired) electrons. The molecule has 10 nitrogen and oxygen atoms in total. The number of imide groups is 1. The summed E-state index contributed by atoms with van der Waals surface area (Å²) in [5.41, 5.74) is -1.12. The van der Waals surface area contributed by atoms with Gasteiger partial charge in [-0.3, -0.25) is 24.2 Å². The zero-order valence-electron chi connectivity index (χ0n) is 18.3. The lowest BCUT2D eigenvalue weighted by Crippen LogP contribution is -2.60. The molecule has 1 atom stereocenters. The van der Waals surface area contributed by atoms with Crippen molar-refractivity contribution < 1.29 is 28.7 Å². The van der Waals surface area contributed by atoms with Gasteiger partial charge < -0.3 is 20.1 Å². The zero-order valence-corrected chi connectivity index (χ0v) is 18.3. The first-order chi connectivity index (χ1) is 15.6. The van der Waals surface area contributed by atoms with E-state index in [4.69, 9.17) is 9.47 Å². The van der Waals surface area contributed by atoms with Gasteiger partial charge in [0.2, 0.25) is 18.6 Å². The predicted octanol–water partition coefficient (Wildman–Crippen LogP) is 1.95. The second-order valence-electron chi connectivity index (χ2n) is 8.77. The van der Waals surface area contributed by atoms with Gasteiger partial charge in [0.05, 0.1) is 11.4 Å². The summed E-state index contributed by atoms with van der Waals surface area (Å²) in [6.45, 7) is 4.35. The minimum absolute atomic E-state index is 0.0805. The average molecular weight is 450 g/mol. The van der Waals surface area contributed by atoms with E-state index in [1.807, 2.05) is 0 Å². The van der Waals surface area contributed by atoms with E-state index in [0.29, 0.717) is 28.4 Å². The fraction of sp³-hybridized carbons (Fsp3) is 0.304. The minimum Gasteiger partial charge on any atom is -0.454 e. The number of carbonyl (C=O) groups is 4. The zero-order chi connectivity index (χ0) is 23.5. The molecule has 33 heavy (non-hydrogen) atoms. The van der Waals surface area contributed by atoms with E-state index in [0.717, 1.165) is 4.90 Å². The maximum Gasteiger partial charge on any atom is 0.325 e. The number of benzene rings is 2. The highest BCUT2D eigenvalue weighted by Gasteiger charge is 2.51. The van der Waals surface area contributed by atoms with Gasteiger partial charge in [-0.05, 0) is 50.6 Å². The molecule has 0 saturated carbocycles. The molecular formula is C23H22N4O6. The number of ether oxygens (including phenoxy) is 2. The van der Waals surface area contributed by atoms with Crippen LogP contribution in [0.5, 0.6) is 11.5 Å². The van der Waals surface area contributed by atoms with Crippen molar-refractivity contribution in [3.05, 3.63) is 48.0 Å². The molecule has 5 amide bonds. The first-order valence-electron chi connectivity index (χ1n) is 10.4. The van der Waals surface area contributed by atoms with Crippen LogP contribution >= 0.6 is 0 Å². The van der Waals surface area contributed by atoms with Gasteiger partial charge in [-0.1, -0.05) is 18.2 Å². The number of para-hydroxylation sites is 2. The Morgan fingerprint density at radius 2 is 1.76 bits per heavy atom. The highest BCUT2D eigenvalue weighted by molar-refractivity contribution is 6.16. The number of anilines is 2. The van der Waals surface area contributed by atoms with E-state index < -0.39 is 35.5 Å². The molecule has 3 aliphatic heterocycles. The maximum atomic E-state index is 13.4. The topological polar surface area (TPSA) is 117 Å². The molecule has 5 rings (SSSR count). The molecule has 1 fully saturated rings. The van der Waals surface area contributed by atoms with Gasteiger partial charge in [-0.2, -0.15) is 0 Å². The number of carbonyl (C=O) groups excluding carboxylic acids is 4. The van der Waals surface area contributed by atoms with Crippen LogP contribution in [0.1, 0.15) is 26.3 Å². The first-order valence-corrected chi connectivity index (χ1v) is 10.4. The smallest absolute Gasteiger partial charge is 0.325 e. The molecular weight excluding hydrogens is 428 g/mol. The van der Waals surface area contributed by atoms with Crippen molar-refractivity contribution in [1.82, 2.24) is 10.2 Å². The summed E-state index contributed by atoms with van der Waals surface area (Å²) in [5, 5.41) is 5.47. The summed E-state index contributed by atoms with van der Waals surface area (Å²) >= 11 is 0. The number of amides is 5. The predicted molar refractivity (Wildman–Crippen MR) is 117 cm³/mol. The summed E-state index contributed by atoms with van der Waals surface area (Å²) in [6.07, 6.45) is 0. The molecule has 2 aromatic carbocycles. The second-order valence-corrected chi connectivity index (χ2v) is 8.77. The van der Waals surface area contributed by atoms with Crippen molar-refractivity contribution in [2.45, 2.75) is 31.8 Å². The molecule has 0 unspecified atom stereocenters. The Labute approximate surface area is 189 Å². The molecule has 170 valence electrons. The molecule has 3 aliphatic rings. The van der Waals surface area contributed by atoms with Crippen LogP contribution in [0, 0.1) is 0 Å². The van der Waals surface area contributed by atoms with Crippen LogP contribution in [0.4, 0.5) is 16.2 Å². The number of nitrogens with zero attached hydrogens (tertiary/aromatic N) is 2. The Morgan fingerprint density at radius 3 is 2.55 bits per heavy atom. The summed E-state index contributed by atoms with van der Waals surface area (Å²) in [4.78, 5) is 54.4. The van der Waals surface area contributed by atoms with Crippen molar-refractivity contribution in [1.29, 1.82) is 0 Å².